The average Bonchev–Trinajstić information content (AvgIpc) is 3.22. The van der Waals surface area contributed by atoms with Crippen molar-refractivity contribution >= 4 is 30.7 Å². The first-order valence-electron chi connectivity index (χ1n) is 9.65. The Balaban J connectivity index is 0.00000140. The second-order valence-corrected chi connectivity index (χ2v) is 7.91. The number of aryl methyl sites for hydroxylation is 1. The number of hydrogen-bond donors (Lipinski definition) is 1. The van der Waals surface area contributed by atoms with Crippen LogP contribution in [0.25, 0.3) is 0 Å². The molecule has 4 heterocycles. The monoisotopic (exact) mass is 424 g/mol. The number of piperidine rings is 1. The van der Waals surface area contributed by atoms with Crippen molar-refractivity contribution in [3.63, 3.8) is 0 Å². The Bertz CT molecular complexity index is 790. The van der Waals surface area contributed by atoms with E-state index in [4.69, 9.17) is 0 Å². The lowest BCUT2D eigenvalue weighted by Crippen LogP contribution is -2.44. The van der Waals surface area contributed by atoms with Crippen LogP contribution < -0.4 is 5.32 Å². The quantitative estimate of drug-likeness (QED) is 0.818. The zero-order valence-corrected chi connectivity index (χ0v) is 18.2. The van der Waals surface area contributed by atoms with E-state index >= 15 is 0 Å². The number of carbonyl (C=O) groups is 1. The van der Waals surface area contributed by atoms with Crippen molar-refractivity contribution < 1.29 is 4.79 Å². The average molecular weight is 425 g/mol. The maximum atomic E-state index is 13.1. The molecule has 4 rings (SSSR count). The van der Waals surface area contributed by atoms with E-state index in [2.05, 4.69) is 33.6 Å². The van der Waals surface area contributed by atoms with Gasteiger partial charge < -0.3 is 14.8 Å². The highest BCUT2D eigenvalue weighted by atomic mass is 35.5. The number of rotatable bonds is 3. The molecule has 2 aliphatic rings. The second kappa shape index (κ2) is 9.29. The smallest absolute Gasteiger partial charge is 0.255 e. The molecule has 28 heavy (non-hydrogen) atoms. The topological polar surface area (TPSA) is 50.2 Å². The maximum absolute atomic E-state index is 13.1. The van der Waals surface area contributed by atoms with Gasteiger partial charge in [-0.2, -0.15) is 0 Å². The number of carbonyl (C=O) groups excluding carboxylic acids is 1. The summed E-state index contributed by atoms with van der Waals surface area (Å²) in [5, 5.41) is 3.49. The molecule has 0 aromatic carbocycles. The van der Waals surface area contributed by atoms with Crippen LogP contribution in [0.1, 0.15) is 46.7 Å². The Labute approximate surface area is 179 Å². The van der Waals surface area contributed by atoms with Gasteiger partial charge in [-0.15, -0.1) is 24.8 Å². The molecule has 2 saturated heterocycles. The summed E-state index contributed by atoms with van der Waals surface area (Å²) < 4.78 is 2.20. The molecule has 154 valence electrons. The van der Waals surface area contributed by atoms with Crippen LogP contribution in [0.15, 0.2) is 30.5 Å². The molecule has 0 radical (unpaired) electrons. The highest BCUT2D eigenvalue weighted by molar-refractivity contribution is 5.95. The van der Waals surface area contributed by atoms with Crippen LogP contribution in [0, 0.1) is 19.3 Å². The minimum atomic E-state index is 0. The fourth-order valence-electron chi connectivity index (χ4n) is 4.49. The van der Waals surface area contributed by atoms with Crippen LogP contribution >= 0.6 is 24.8 Å². The summed E-state index contributed by atoms with van der Waals surface area (Å²) in [5.41, 5.74) is 4.46. The number of amides is 1. The standard InChI is InChI=1S/C21H28N4O.2ClH/c1-16-13-19(17(2)25(16)14-18-5-3-4-9-23-18)20(26)24-11-7-21(8-12-24)6-10-22-15-21;;/h3-5,9,13,22H,6-8,10-12,14-15H2,1-2H3;2*1H. The number of hydrogen-bond acceptors (Lipinski definition) is 3. The van der Waals surface area contributed by atoms with E-state index in [9.17, 15) is 4.79 Å². The van der Waals surface area contributed by atoms with Gasteiger partial charge in [-0.3, -0.25) is 9.78 Å². The predicted molar refractivity (Wildman–Crippen MR) is 117 cm³/mol. The van der Waals surface area contributed by atoms with Crippen molar-refractivity contribution in [2.45, 2.75) is 39.7 Å². The fraction of sp³-hybridized carbons (Fsp3) is 0.524. The Morgan fingerprint density at radius 2 is 1.93 bits per heavy atom. The van der Waals surface area contributed by atoms with E-state index in [1.165, 1.54) is 6.42 Å². The summed E-state index contributed by atoms with van der Waals surface area (Å²) in [6, 6.07) is 8.00. The third-order valence-corrected chi connectivity index (χ3v) is 6.29. The third kappa shape index (κ3) is 4.37. The normalized spacial score (nSPS) is 17.9. The zero-order valence-electron chi connectivity index (χ0n) is 16.6. The number of likely N-dealkylation sites (tertiary alicyclic amines) is 1. The Morgan fingerprint density at radius 1 is 1.18 bits per heavy atom. The SMILES string of the molecule is Cc1cc(C(=O)N2CCC3(CCNC3)CC2)c(C)n1Cc1ccccn1.Cl.Cl. The first-order chi connectivity index (χ1) is 12.6. The minimum absolute atomic E-state index is 0. The first-order valence-corrected chi connectivity index (χ1v) is 9.65. The van der Waals surface area contributed by atoms with Crippen LogP contribution in [0.4, 0.5) is 0 Å². The van der Waals surface area contributed by atoms with Gasteiger partial charge >= 0.3 is 0 Å². The Kier molecular flexibility index (Phi) is 7.54. The Morgan fingerprint density at radius 3 is 2.54 bits per heavy atom. The van der Waals surface area contributed by atoms with Gasteiger partial charge in [0.2, 0.25) is 0 Å². The molecule has 5 nitrogen and oxygen atoms in total. The summed E-state index contributed by atoms with van der Waals surface area (Å²) in [6.07, 6.45) is 5.32. The summed E-state index contributed by atoms with van der Waals surface area (Å²) >= 11 is 0. The van der Waals surface area contributed by atoms with Crippen molar-refractivity contribution in [2.24, 2.45) is 5.41 Å². The van der Waals surface area contributed by atoms with Crippen LogP contribution in [0.2, 0.25) is 0 Å². The molecule has 2 aliphatic heterocycles. The van der Waals surface area contributed by atoms with Gasteiger partial charge in [-0.25, -0.2) is 0 Å². The second-order valence-electron chi connectivity index (χ2n) is 7.91. The predicted octanol–water partition coefficient (Wildman–Crippen LogP) is 3.61. The zero-order chi connectivity index (χ0) is 18.1. The molecule has 1 N–H and O–H groups in total. The molecule has 0 atom stereocenters. The molecule has 1 amide bonds. The molecule has 2 aromatic rings. The van der Waals surface area contributed by atoms with Gasteiger partial charge in [0, 0.05) is 37.2 Å². The lowest BCUT2D eigenvalue weighted by Gasteiger charge is -2.38. The van der Waals surface area contributed by atoms with Crippen molar-refractivity contribution in [3.8, 4) is 0 Å². The molecule has 2 aromatic heterocycles. The number of aromatic nitrogens is 2. The molecular formula is C21H30Cl2N4O. The van der Waals surface area contributed by atoms with Gasteiger partial charge in [0.25, 0.3) is 5.91 Å². The summed E-state index contributed by atoms with van der Waals surface area (Å²) in [5.74, 6) is 0.186. The highest BCUT2D eigenvalue weighted by Gasteiger charge is 2.38. The van der Waals surface area contributed by atoms with Gasteiger partial charge in [0.05, 0.1) is 17.8 Å². The van der Waals surface area contributed by atoms with E-state index in [1.807, 2.05) is 30.5 Å². The van der Waals surface area contributed by atoms with Crippen LogP contribution in [-0.4, -0.2) is 46.5 Å². The summed E-state index contributed by atoms with van der Waals surface area (Å²) in [4.78, 5) is 19.6. The van der Waals surface area contributed by atoms with E-state index in [1.54, 1.807) is 0 Å². The molecular weight excluding hydrogens is 395 g/mol. The number of halogens is 2. The van der Waals surface area contributed by atoms with Gasteiger partial charge in [-0.05, 0) is 63.3 Å². The van der Waals surface area contributed by atoms with Crippen molar-refractivity contribution in [3.05, 3.63) is 53.1 Å². The van der Waals surface area contributed by atoms with Crippen LogP contribution in [0.3, 0.4) is 0 Å². The molecule has 1 spiro atoms. The molecule has 0 saturated carbocycles. The number of nitrogens with zero attached hydrogens (tertiary/aromatic N) is 3. The molecule has 7 heteroatoms. The van der Waals surface area contributed by atoms with Crippen LogP contribution in [0.5, 0.6) is 0 Å². The van der Waals surface area contributed by atoms with E-state index in [0.717, 1.165) is 61.7 Å². The van der Waals surface area contributed by atoms with Gasteiger partial charge in [0.15, 0.2) is 0 Å². The maximum Gasteiger partial charge on any atom is 0.255 e. The van der Waals surface area contributed by atoms with Crippen molar-refractivity contribution in [2.75, 3.05) is 26.2 Å². The van der Waals surface area contributed by atoms with Crippen molar-refractivity contribution in [1.82, 2.24) is 19.8 Å². The fourth-order valence-corrected chi connectivity index (χ4v) is 4.49. The van der Waals surface area contributed by atoms with Crippen molar-refractivity contribution in [1.29, 1.82) is 0 Å². The van der Waals surface area contributed by atoms with Crippen LogP contribution in [-0.2, 0) is 6.54 Å². The highest BCUT2D eigenvalue weighted by Crippen LogP contribution is 2.37. The van der Waals surface area contributed by atoms with E-state index in [0.29, 0.717) is 12.0 Å². The molecule has 0 bridgehead atoms. The molecule has 2 fully saturated rings. The van der Waals surface area contributed by atoms with E-state index < -0.39 is 0 Å². The molecule has 0 unspecified atom stereocenters. The van der Waals surface area contributed by atoms with Gasteiger partial charge in [0.1, 0.15) is 0 Å². The Hall–Kier alpha value is -1.56. The van der Waals surface area contributed by atoms with Gasteiger partial charge in [-0.1, -0.05) is 6.07 Å². The lowest BCUT2D eigenvalue weighted by atomic mass is 9.78. The largest absolute Gasteiger partial charge is 0.342 e. The molecule has 0 aliphatic carbocycles. The van der Waals surface area contributed by atoms with E-state index in [-0.39, 0.29) is 30.7 Å². The minimum Gasteiger partial charge on any atom is -0.342 e. The number of pyridine rings is 1. The first kappa shape index (κ1) is 22.7. The lowest BCUT2D eigenvalue weighted by molar-refractivity contribution is 0.0607. The number of nitrogens with one attached hydrogen (secondary N) is 1. The summed E-state index contributed by atoms with van der Waals surface area (Å²) in [7, 11) is 0. The summed E-state index contributed by atoms with van der Waals surface area (Å²) in [6.45, 7) is 8.84. The third-order valence-electron chi connectivity index (χ3n) is 6.29.